The number of nitrogens with zero attached hydrogens (tertiary/aromatic N) is 5. The van der Waals surface area contributed by atoms with Crippen LogP contribution in [-0.2, 0) is 6.54 Å². The number of hydrogen-bond donors (Lipinski definition) is 1. The van der Waals surface area contributed by atoms with E-state index in [1.165, 1.54) is 6.20 Å². The molecule has 7 nitrogen and oxygen atoms in total. The highest BCUT2D eigenvalue weighted by Crippen LogP contribution is 2.21. The molecule has 98 valence electrons. The number of carbonyl (C=O) groups is 1. The molecule has 0 radical (unpaired) electrons. The summed E-state index contributed by atoms with van der Waals surface area (Å²) in [6.07, 6.45) is 3.26. The molecule has 7 heteroatoms. The summed E-state index contributed by atoms with van der Waals surface area (Å²) in [5, 5.41) is 16.2. The smallest absolute Gasteiger partial charge is 0.358 e. The molecule has 3 heterocycles. The van der Waals surface area contributed by atoms with Gasteiger partial charge in [-0.1, -0.05) is 11.3 Å². The fourth-order valence-corrected chi connectivity index (χ4v) is 2.11. The Hall–Kier alpha value is -2.28. The van der Waals surface area contributed by atoms with E-state index in [1.54, 1.807) is 10.9 Å². The van der Waals surface area contributed by atoms with E-state index in [0.29, 0.717) is 0 Å². The van der Waals surface area contributed by atoms with Gasteiger partial charge in [-0.3, -0.25) is 9.88 Å². The van der Waals surface area contributed by atoms with Crippen LogP contribution in [0.1, 0.15) is 22.2 Å². The largest absolute Gasteiger partial charge is 0.476 e. The van der Waals surface area contributed by atoms with E-state index in [1.807, 2.05) is 18.2 Å². The number of aromatic nitrogens is 4. The van der Waals surface area contributed by atoms with Crippen molar-refractivity contribution in [2.45, 2.75) is 12.6 Å². The van der Waals surface area contributed by atoms with Crippen molar-refractivity contribution in [2.75, 3.05) is 13.1 Å². The van der Waals surface area contributed by atoms with Gasteiger partial charge in [-0.25, -0.2) is 9.48 Å². The van der Waals surface area contributed by atoms with Crippen LogP contribution in [0, 0.1) is 0 Å². The molecule has 0 atom stereocenters. The topological polar surface area (TPSA) is 84.1 Å². The van der Waals surface area contributed by atoms with Crippen LogP contribution in [0.15, 0.2) is 30.6 Å². The number of pyridine rings is 1. The monoisotopic (exact) mass is 259 g/mol. The third-order valence-electron chi connectivity index (χ3n) is 3.15. The van der Waals surface area contributed by atoms with Gasteiger partial charge in [0.25, 0.3) is 0 Å². The Kier molecular flexibility index (Phi) is 2.96. The lowest BCUT2D eigenvalue weighted by Crippen LogP contribution is -2.47. The molecule has 2 aromatic rings. The Morgan fingerprint density at radius 3 is 2.89 bits per heavy atom. The van der Waals surface area contributed by atoms with E-state index in [4.69, 9.17) is 5.11 Å². The van der Waals surface area contributed by atoms with Gasteiger partial charge in [-0.15, -0.1) is 5.10 Å². The zero-order valence-electron chi connectivity index (χ0n) is 10.2. The minimum atomic E-state index is -1.05. The Balaban J connectivity index is 1.56. The number of carboxylic acid groups (broad SMARTS) is 1. The molecule has 19 heavy (non-hydrogen) atoms. The molecular weight excluding hydrogens is 246 g/mol. The summed E-state index contributed by atoms with van der Waals surface area (Å²) in [5.74, 6) is -1.05. The minimum Gasteiger partial charge on any atom is -0.476 e. The van der Waals surface area contributed by atoms with Gasteiger partial charge < -0.3 is 5.11 Å². The third-order valence-corrected chi connectivity index (χ3v) is 3.15. The molecule has 0 unspecified atom stereocenters. The lowest BCUT2D eigenvalue weighted by atomic mass is 10.1. The predicted molar refractivity (Wildman–Crippen MR) is 65.5 cm³/mol. The Labute approximate surface area is 109 Å². The second kappa shape index (κ2) is 4.77. The van der Waals surface area contributed by atoms with Crippen LogP contribution in [0.4, 0.5) is 0 Å². The summed E-state index contributed by atoms with van der Waals surface area (Å²) in [5.41, 5.74) is 1.02. The van der Waals surface area contributed by atoms with E-state index < -0.39 is 5.97 Å². The van der Waals surface area contributed by atoms with Crippen LogP contribution < -0.4 is 0 Å². The maximum absolute atomic E-state index is 10.7. The molecule has 0 amide bonds. The quantitative estimate of drug-likeness (QED) is 0.857. The summed E-state index contributed by atoms with van der Waals surface area (Å²) in [6, 6.07) is 6.05. The summed E-state index contributed by atoms with van der Waals surface area (Å²) in [7, 11) is 0. The minimum absolute atomic E-state index is 0.0109. The first-order valence-corrected chi connectivity index (χ1v) is 6.00. The zero-order chi connectivity index (χ0) is 13.2. The fourth-order valence-electron chi connectivity index (χ4n) is 2.11. The molecule has 0 aromatic carbocycles. The van der Waals surface area contributed by atoms with Crippen LogP contribution in [0.3, 0.4) is 0 Å². The molecular formula is C12H13N5O2. The van der Waals surface area contributed by atoms with Crippen molar-refractivity contribution in [3.05, 3.63) is 42.0 Å². The average molecular weight is 259 g/mol. The first kappa shape index (κ1) is 11.8. The average Bonchev–Trinajstić information content (AvgIpc) is 2.84. The highest BCUT2D eigenvalue weighted by molar-refractivity contribution is 5.84. The lowest BCUT2D eigenvalue weighted by Gasteiger charge is -2.38. The zero-order valence-corrected chi connectivity index (χ0v) is 10.2. The van der Waals surface area contributed by atoms with E-state index in [-0.39, 0.29) is 11.7 Å². The molecule has 1 aliphatic rings. The molecule has 1 aliphatic heterocycles. The first-order valence-electron chi connectivity index (χ1n) is 6.00. The highest BCUT2D eigenvalue weighted by Gasteiger charge is 2.29. The van der Waals surface area contributed by atoms with Crippen molar-refractivity contribution in [1.82, 2.24) is 24.9 Å². The first-order chi connectivity index (χ1) is 9.22. The van der Waals surface area contributed by atoms with Gasteiger partial charge in [0.1, 0.15) is 0 Å². The number of aromatic carboxylic acids is 1. The predicted octanol–water partition coefficient (Wildman–Crippen LogP) is 0.428. The van der Waals surface area contributed by atoms with Crippen molar-refractivity contribution in [3.8, 4) is 0 Å². The van der Waals surface area contributed by atoms with E-state index in [0.717, 1.165) is 25.3 Å². The maximum atomic E-state index is 10.7. The van der Waals surface area contributed by atoms with Crippen LogP contribution >= 0.6 is 0 Å². The van der Waals surface area contributed by atoms with Crippen molar-refractivity contribution >= 4 is 5.97 Å². The third kappa shape index (κ3) is 2.45. The van der Waals surface area contributed by atoms with Crippen molar-refractivity contribution in [3.63, 3.8) is 0 Å². The van der Waals surface area contributed by atoms with E-state index in [9.17, 15) is 4.79 Å². The SMILES string of the molecule is O=C(O)c1cn(C2CN(Cc3ccccn3)C2)nn1. The summed E-state index contributed by atoms with van der Waals surface area (Å²) < 4.78 is 1.62. The van der Waals surface area contributed by atoms with Crippen molar-refractivity contribution < 1.29 is 9.90 Å². The number of carboxylic acids is 1. The molecule has 1 fully saturated rings. The van der Waals surface area contributed by atoms with Crippen molar-refractivity contribution in [1.29, 1.82) is 0 Å². The van der Waals surface area contributed by atoms with Crippen molar-refractivity contribution in [2.24, 2.45) is 0 Å². The molecule has 0 aliphatic carbocycles. The Morgan fingerprint density at radius 1 is 1.42 bits per heavy atom. The van der Waals surface area contributed by atoms with Gasteiger partial charge in [0.15, 0.2) is 5.69 Å². The van der Waals surface area contributed by atoms with Crippen LogP contribution in [0.2, 0.25) is 0 Å². The van der Waals surface area contributed by atoms with Crippen LogP contribution in [0.5, 0.6) is 0 Å². The normalized spacial score (nSPS) is 16.2. The lowest BCUT2D eigenvalue weighted by molar-refractivity contribution is 0.0690. The number of rotatable bonds is 4. The van der Waals surface area contributed by atoms with Gasteiger partial charge in [-0.05, 0) is 12.1 Å². The number of hydrogen-bond acceptors (Lipinski definition) is 5. The van der Waals surface area contributed by atoms with Gasteiger partial charge in [0.2, 0.25) is 0 Å². The van der Waals surface area contributed by atoms with Gasteiger partial charge in [0.05, 0.1) is 17.9 Å². The van der Waals surface area contributed by atoms with Crippen LogP contribution in [-0.4, -0.2) is 49.0 Å². The number of likely N-dealkylation sites (tertiary alicyclic amines) is 1. The highest BCUT2D eigenvalue weighted by atomic mass is 16.4. The summed E-state index contributed by atoms with van der Waals surface area (Å²) in [6.45, 7) is 2.47. The summed E-state index contributed by atoms with van der Waals surface area (Å²) >= 11 is 0. The van der Waals surface area contributed by atoms with Gasteiger partial charge >= 0.3 is 5.97 Å². The van der Waals surface area contributed by atoms with E-state index >= 15 is 0 Å². The Bertz CT molecular complexity index is 577. The second-order valence-electron chi connectivity index (χ2n) is 4.56. The molecule has 1 saturated heterocycles. The Morgan fingerprint density at radius 2 is 2.26 bits per heavy atom. The van der Waals surface area contributed by atoms with Crippen LogP contribution in [0.25, 0.3) is 0 Å². The van der Waals surface area contributed by atoms with Gasteiger partial charge in [0, 0.05) is 25.8 Å². The van der Waals surface area contributed by atoms with E-state index in [2.05, 4.69) is 20.2 Å². The molecule has 3 rings (SSSR count). The standard InChI is InChI=1S/C12H13N5O2/c18-12(19)11-8-17(15-14-11)10-6-16(7-10)5-9-3-1-2-4-13-9/h1-4,8,10H,5-7H2,(H,18,19). The summed E-state index contributed by atoms with van der Waals surface area (Å²) in [4.78, 5) is 17.2. The molecule has 1 N–H and O–H groups in total. The second-order valence-corrected chi connectivity index (χ2v) is 4.56. The fraction of sp³-hybridized carbons (Fsp3) is 0.333. The molecule has 0 saturated carbocycles. The maximum Gasteiger partial charge on any atom is 0.358 e. The molecule has 2 aromatic heterocycles. The molecule has 0 spiro atoms. The van der Waals surface area contributed by atoms with Gasteiger partial charge in [-0.2, -0.15) is 0 Å². The molecule has 0 bridgehead atoms.